The average Bonchev–Trinajstić information content (AvgIpc) is 2.59. The molecule has 0 bridgehead atoms. The van der Waals surface area contributed by atoms with Gasteiger partial charge in [0.1, 0.15) is 0 Å². The molecule has 5 nitrogen and oxygen atoms in total. The van der Waals surface area contributed by atoms with E-state index in [1.807, 2.05) is 30.3 Å². The summed E-state index contributed by atoms with van der Waals surface area (Å²) >= 11 is 0. The molecule has 23 heavy (non-hydrogen) atoms. The Morgan fingerprint density at radius 2 is 1.78 bits per heavy atom. The van der Waals surface area contributed by atoms with Crippen molar-refractivity contribution in [2.45, 2.75) is 43.9 Å². The number of carbonyl (C=O) groups is 2. The highest BCUT2D eigenvalue weighted by Gasteiger charge is 2.41. The van der Waals surface area contributed by atoms with Crippen LogP contribution in [0.5, 0.6) is 0 Å². The second kappa shape index (κ2) is 8.67. The summed E-state index contributed by atoms with van der Waals surface area (Å²) in [5.41, 5.74) is 0.548. The van der Waals surface area contributed by atoms with Gasteiger partial charge in [0.25, 0.3) is 0 Å². The van der Waals surface area contributed by atoms with E-state index in [1.54, 1.807) is 0 Å². The number of carboxylic acids is 1. The van der Waals surface area contributed by atoms with E-state index in [2.05, 4.69) is 5.32 Å². The summed E-state index contributed by atoms with van der Waals surface area (Å²) in [4.78, 5) is 23.3. The van der Waals surface area contributed by atoms with Gasteiger partial charge < -0.3 is 15.2 Å². The van der Waals surface area contributed by atoms with Crippen LogP contribution in [0.3, 0.4) is 0 Å². The molecule has 0 radical (unpaired) electrons. The van der Waals surface area contributed by atoms with Crippen molar-refractivity contribution in [1.29, 1.82) is 0 Å². The van der Waals surface area contributed by atoms with E-state index in [4.69, 9.17) is 9.84 Å². The topological polar surface area (TPSA) is 75.6 Å². The third kappa shape index (κ3) is 4.79. The van der Waals surface area contributed by atoms with Crippen molar-refractivity contribution in [3.8, 4) is 0 Å². The predicted molar refractivity (Wildman–Crippen MR) is 87.3 cm³/mol. The predicted octanol–water partition coefficient (Wildman–Crippen LogP) is 2.50. The molecule has 1 aromatic rings. The lowest BCUT2D eigenvalue weighted by Crippen LogP contribution is -2.48. The lowest BCUT2D eigenvalue weighted by molar-refractivity contribution is -0.137. The van der Waals surface area contributed by atoms with E-state index in [-0.39, 0.29) is 12.3 Å². The van der Waals surface area contributed by atoms with E-state index in [0.717, 1.165) is 18.4 Å². The zero-order valence-electron chi connectivity index (χ0n) is 13.4. The van der Waals surface area contributed by atoms with Crippen molar-refractivity contribution in [3.05, 3.63) is 35.9 Å². The van der Waals surface area contributed by atoms with Gasteiger partial charge in [0.2, 0.25) is 5.91 Å². The van der Waals surface area contributed by atoms with Crippen molar-refractivity contribution in [2.75, 3.05) is 19.8 Å². The SMILES string of the molecule is O=C(O)CCCCCNC(=O)C1(c2ccccc2)CCOCC1. The molecular formula is C18H25NO4. The number of unbranched alkanes of at least 4 members (excludes halogenated alkanes) is 2. The Kier molecular flexibility index (Phi) is 6.59. The fraction of sp³-hybridized carbons (Fsp3) is 0.556. The van der Waals surface area contributed by atoms with Crippen LogP contribution in [-0.4, -0.2) is 36.7 Å². The minimum absolute atomic E-state index is 0.0604. The highest BCUT2D eigenvalue weighted by Crippen LogP contribution is 2.35. The van der Waals surface area contributed by atoms with Gasteiger partial charge in [-0.15, -0.1) is 0 Å². The molecule has 1 fully saturated rings. The number of carboxylic acid groups (broad SMARTS) is 1. The first kappa shape index (κ1) is 17.5. The van der Waals surface area contributed by atoms with Crippen LogP contribution in [0, 0.1) is 0 Å². The molecule has 1 aromatic carbocycles. The van der Waals surface area contributed by atoms with Gasteiger partial charge in [0.05, 0.1) is 5.41 Å². The first-order chi connectivity index (χ1) is 11.1. The molecule has 0 atom stereocenters. The number of aliphatic carboxylic acids is 1. The molecule has 5 heteroatoms. The van der Waals surface area contributed by atoms with Gasteiger partial charge in [-0.25, -0.2) is 0 Å². The molecule has 0 spiro atoms. The van der Waals surface area contributed by atoms with Gasteiger partial charge in [-0.2, -0.15) is 0 Å². The van der Waals surface area contributed by atoms with Crippen molar-refractivity contribution in [3.63, 3.8) is 0 Å². The molecule has 1 saturated heterocycles. The molecule has 126 valence electrons. The largest absolute Gasteiger partial charge is 0.481 e. The van der Waals surface area contributed by atoms with Crippen LogP contribution in [0.15, 0.2) is 30.3 Å². The number of carbonyl (C=O) groups excluding carboxylic acids is 1. The number of amides is 1. The summed E-state index contributed by atoms with van der Waals surface area (Å²) < 4.78 is 5.44. The number of rotatable bonds is 8. The number of ether oxygens (including phenoxy) is 1. The van der Waals surface area contributed by atoms with E-state index in [1.165, 1.54) is 0 Å². The van der Waals surface area contributed by atoms with Gasteiger partial charge in [0, 0.05) is 26.2 Å². The van der Waals surface area contributed by atoms with Gasteiger partial charge in [0.15, 0.2) is 0 Å². The molecule has 1 aliphatic heterocycles. The Morgan fingerprint density at radius 3 is 2.43 bits per heavy atom. The zero-order valence-corrected chi connectivity index (χ0v) is 13.4. The maximum absolute atomic E-state index is 12.8. The molecule has 0 aliphatic carbocycles. The maximum Gasteiger partial charge on any atom is 0.303 e. The highest BCUT2D eigenvalue weighted by molar-refractivity contribution is 5.88. The molecule has 0 saturated carbocycles. The van der Waals surface area contributed by atoms with Crippen LogP contribution < -0.4 is 5.32 Å². The molecule has 0 unspecified atom stereocenters. The van der Waals surface area contributed by atoms with Crippen molar-refractivity contribution >= 4 is 11.9 Å². The minimum Gasteiger partial charge on any atom is -0.481 e. The third-order valence-corrected chi connectivity index (χ3v) is 4.46. The Labute approximate surface area is 137 Å². The standard InChI is InChI=1S/C18H25NO4/c20-16(21)9-5-2-6-12-19-17(22)18(10-13-23-14-11-18)15-7-3-1-4-8-15/h1,3-4,7-8H,2,5-6,9-14H2,(H,19,22)(H,20,21). The monoisotopic (exact) mass is 319 g/mol. The Morgan fingerprint density at radius 1 is 1.09 bits per heavy atom. The third-order valence-electron chi connectivity index (χ3n) is 4.46. The number of hydrogen-bond acceptors (Lipinski definition) is 3. The fourth-order valence-electron chi connectivity index (χ4n) is 3.07. The molecule has 0 aromatic heterocycles. The van der Waals surface area contributed by atoms with Gasteiger partial charge in [-0.3, -0.25) is 9.59 Å². The van der Waals surface area contributed by atoms with E-state index in [0.29, 0.717) is 39.0 Å². The normalized spacial score (nSPS) is 16.7. The quantitative estimate of drug-likeness (QED) is 0.722. The van der Waals surface area contributed by atoms with Gasteiger partial charge >= 0.3 is 5.97 Å². The molecule has 1 aliphatic rings. The van der Waals surface area contributed by atoms with Crippen LogP contribution in [0.4, 0.5) is 0 Å². The molecule has 2 N–H and O–H groups in total. The van der Waals surface area contributed by atoms with Crippen LogP contribution in [0.2, 0.25) is 0 Å². The summed E-state index contributed by atoms with van der Waals surface area (Å²) in [6.07, 6.45) is 3.86. The lowest BCUT2D eigenvalue weighted by atomic mass is 9.73. The number of nitrogens with one attached hydrogen (secondary N) is 1. The average molecular weight is 319 g/mol. The number of benzene rings is 1. The first-order valence-electron chi connectivity index (χ1n) is 8.28. The maximum atomic E-state index is 12.8. The van der Waals surface area contributed by atoms with Crippen LogP contribution >= 0.6 is 0 Å². The van der Waals surface area contributed by atoms with E-state index < -0.39 is 11.4 Å². The minimum atomic E-state index is -0.765. The van der Waals surface area contributed by atoms with Crippen LogP contribution in [0.1, 0.15) is 44.1 Å². The first-order valence-corrected chi connectivity index (χ1v) is 8.28. The molecule has 1 amide bonds. The van der Waals surface area contributed by atoms with E-state index in [9.17, 15) is 9.59 Å². The Balaban J connectivity index is 1.89. The summed E-state index contributed by atoms with van der Waals surface area (Å²) in [6.45, 7) is 1.79. The van der Waals surface area contributed by atoms with Crippen LogP contribution in [0.25, 0.3) is 0 Å². The molecular weight excluding hydrogens is 294 g/mol. The van der Waals surface area contributed by atoms with Gasteiger partial charge in [-0.1, -0.05) is 36.8 Å². The number of hydrogen-bond donors (Lipinski definition) is 2. The summed E-state index contributed by atoms with van der Waals surface area (Å²) in [5.74, 6) is -0.704. The molecule has 1 heterocycles. The molecule has 2 rings (SSSR count). The van der Waals surface area contributed by atoms with E-state index >= 15 is 0 Å². The second-order valence-electron chi connectivity index (χ2n) is 6.02. The smallest absolute Gasteiger partial charge is 0.303 e. The van der Waals surface area contributed by atoms with Gasteiger partial charge in [-0.05, 0) is 31.2 Å². The lowest BCUT2D eigenvalue weighted by Gasteiger charge is -2.36. The Hall–Kier alpha value is -1.88. The Bertz CT molecular complexity index is 509. The summed E-state index contributed by atoms with van der Waals surface area (Å²) in [6, 6.07) is 9.91. The summed E-state index contributed by atoms with van der Waals surface area (Å²) in [5, 5.41) is 11.6. The van der Waals surface area contributed by atoms with Crippen molar-refractivity contribution in [1.82, 2.24) is 5.32 Å². The summed E-state index contributed by atoms with van der Waals surface area (Å²) in [7, 11) is 0. The van der Waals surface area contributed by atoms with Crippen molar-refractivity contribution in [2.24, 2.45) is 0 Å². The highest BCUT2D eigenvalue weighted by atomic mass is 16.5. The second-order valence-corrected chi connectivity index (χ2v) is 6.02. The fourth-order valence-corrected chi connectivity index (χ4v) is 3.07. The zero-order chi connectivity index (χ0) is 16.5. The van der Waals surface area contributed by atoms with Crippen LogP contribution in [-0.2, 0) is 19.7 Å². The van der Waals surface area contributed by atoms with Crippen molar-refractivity contribution < 1.29 is 19.4 Å².